The van der Waals surface area contributed by atoms with E-state index in [4.69, 9.17) is 19.4 Å². The molecule has 2 fully saturated rings. The number of nitrogens with one attached hydrogen (secondary N) is 2. The molecule has 2 saturated heterocycles. The second-order valence-corrected chi connectivity index (χ2v) is 11.3. The predicted molar refractivity (Wildman–Crippen MR) is 147 cm³/mol. The van der Waals surface area contributed by atoms with E-state index in [9.17, 15) is 5.11 Å². The van der Waals surface area contributed by atoms with Crippen molar-refractivity contribution in [2.75, 3.05) is 48.9 Å². The molecule has 2 aliphatic heterocycles. The number of aromatic nitrogens is 3. The van der Waals surface area contributed by atoms with Crippen molar-refractivity contribution in [2.24, 2.45) is 5.41 Å². The molecule has 0 aliphatic carbocycles. The number of hydrogen-bond donors (Lipinski definition) is 3. The van der Waals surface area contributed by atoms with E-state index in [0.29, 0.717) is 28.7 Å². The van der Waals surface area contributed by atoms with Crippen LogP contribution in [0.5, 0.6) is 5.75 Å². The lowest BCUT2D eigenvalue weighted by atomic mass is 9.77. The molecule has 0 saturated carbocycles. The molecule has 9 nitrogen and oxygen atoms in total. The Kier molecular flexibility index (Phi) is 5.70. The molecular weight excluding hydrogens is 488 g/mol. The number of aliphatic hydroxyl groups is 1. The number of fused-ring (bicyclic) bond motifs is 1. The maximum Gasteiger partial charge on any atom is 0.230 e. The van der Waals surface area contributed by atoms with Gasteiger partial charge >= 0.3 is 0 Å². The average Bonchev–Trinajstić information content (AvgIpc) is 3.18. The normalized spacial score (nSPS) is 16.4. The second kappa shape index (κ2) is 8.83. The van der Waals surface area contributed by atoms with Crippen molar-refractivity contribution in [3.8, 4) is 5.75 Å². The molecule has 192 valence electrons. The van der Waals surface area contributed by atoms with Crippen LogP contribution in [0.3, 0.4) is 0 Å². The zero-order valence-electron chi connectivity index (χ0n) is 21.3. The summed E-state index contributed by atoms with van der Waals surface area (Å²) < 4.78 is 11.1. The summed E-state index contributed by atoms with van der Waals surface area (Å²) in [6, 6.07) is 11.6. The van der Waals surface area contributed by atoms with Crippen molar-refractivity contribution >= 4 is 50.5 Å². The van der Waals surface area contributed by atoms with Crippen LogP contribution in [-0.2, 0) is 10.3 Å². The minimum atomic E-state index is -1.04. The van der Waals surface area contributed by atoms with Crippen LogP contribution in [0.2, 0.25) is 0 Å². The fourth-order valence-corrected chi connectivity index (χ4v) is 5.77. The molecule has 0 amide bonds. The molecule has 3 aromatic heterocycles. The van der Waals surface area contributed by atoms with Crippen LogP contribution in [0.15, 0.2) is 41.8 Å². The number of aryl methyl sites for hydroxylation is 1. The van der Waals surface area contributed by atoms with Crippen molar-refractivity contribution < 1.29 is 14.6 Å². The van der Waals surface area contributed by atoms with E-state index in [2.05, 4.69) is 32.0 Å². The third-order valence-corrected chi connectivity index (χ3v) is 7.88. The molecule has 1 spiro atoms. The monoisotopic (exact) mass is 518 g/mol. The van der Waals surface area contributed by atoms with Gasteiger partial charge in [0.05, 0.1) is 42.5 Å². The summed E-state index contributed by atoms with van der Waals surface area (Å²) in [5.74, 6) is 2.54. The molecule has 2 aliphatic rings. The SMILES string of the molecule is COc1cc(Nc2nc(Nc3cccc(C(C)(C)O)n3)c3c(C)csc3n2)ccc1N1CC2(COC2)C1. The summed E-state index contributed by atoms with van der Waals surface area (Å²) in [5.41, 5.74) is 2.86. The van der Waals surface area contributed by atoms with Crippen LogP contribution >= 0.6 is 11.3 Å². The van der Waals surface area contributed by atoms with Gasteiger partial charge in [0.25, 0.3) is 0 Å². The maximum atomic E-state index is 10.4. The fraction of sp³-hybridized carbons (Fsp3) is 0.370. The lowest BCUT2D eigenvalue weighted by Crippen LogP contribution is -2.66. The highest BCUT2D eigenvalue weighted by atomic mass is 32.1. The standard InChI is InChI=1S/C27H30N6O3S/c1-16-11-37-24-22(16)23(30-21-7-5-6-20(29-21)26(2,3)34)31-25(32-24)28-17-8-9-18(19(10-17)35-4)33-12-27(13-33)14-36-15-27/h5-11,34H,12-15H2,1-4H3,(H2,28,29,30,31,32). The van der Waals surface area contributed by atoms with Crippen molar-refractivity contribution in [1.29, 1.82) is 0 Å². The Balaban J connectivity index is 1.28. The number of benzene rings is 1. The van der Waals surface area contributed by atoms with Gasteiger partial charge in [-0.2, -0.15) is 4.98 Å². The van der Waals surface area contributed by atoms with Gasteiger partial charge in [0.2, 0.25) is 5.95 Å². The third-order valence-electron chi connectivity index (χ3n) is 6.89. The van der Waals surface area contributed by atoms with Gasteiger partial charge < -0.3 is 30.1 Å². The van der Waals surface area contributed by atoms with Crippen LogP contribution < -0.4 is 20.3 Å². The molecule has 5 heterocycles. The molecular formula is C27H30N6O3S. The van der Waals surface area contributed by atoms with Gasteiger partial charge in [0.15, 0.2) is 0 Å². The van der Waals surface area contributed by atoms with Crippen molar-refractivity contribution in [1.82, 2.24) is 15.0 Å². The van der Waals surface area contributed by atoms with Gasteiger partial charge in [0.1, 0.15) is 27.8 Å². The highest BCUT2D eigenvalue weighted by Gasteiger charge is 2.49. The summed E-state index contributed by atoms with van der Waals surface area (Å²) in [6.45, 7) is 9.16. The molecule has 1 aromatic carbocycles. The molecule has 10 heteroatoms. The van der Waals surface area contributed by atoms with E-state index in [0.717, 1.165) is 59.2 Å². The summed E-state index contributed by atoms with van der Waals surface area (Å²) in [7, 11) is 1.69. The van der Waals surface area contributed by atoms with Crippen molar-refractivity contribution in [3.63, 3.8) is 0 Å². The van der Waals surface area contributed by atoms with Crippen LogP contribution in [0.25, 0.3) is 10.2 Å². The van der Waals surface area contributed by atoms with Crippen molar-refractivity contribution in [3.05, 3.63) is 53.0 Å². The first-order valence-electron chi connectivity index (χ1n) is 12.2. The van der Waals surface area contributed by atoms with E-state index in [1.807, 2.05) is 31.2 Å². The summed E-state index contributed by atoms with van der Waals surface area (Å²) in [5, 5.41) is 20.1. The van der Waals surface area contributed by atoms with E-state index >= 15 is 0 Å². The number of thiophene rings is 1. The highest BCUT2D eigenvalue weighted by molar-refractivity contribution is 7.17. The molecule has 37 heavy (non-hydrogen) atoms. The first-order valence-corrected chi connectivity index (χ1v) is 13.1. The van der Waals surface area contributed by atoms with Gasteiger partial charge in [-0.1, -0.05) is 6.07 Å². The van der Waals surface area contributed by atoms with Gasteiger partial charge in [-0.05, 0) is 56.0 Å². The Morgan fingerprint density at radius 2 is 1.92 bits per heavy atom. The Bertz CT molecular complexity index is 1470. The molecule has 3 N–H and O–H groups in total. The quantitative estimate of drug-likeness (QED) is 0.313. The van der Waals surface area contributed by atoms with E-state index < -0.39 is 5.60 Å². The number of methoxy groups -OCH3 is 1. The van der Waals surface area contributed by atoms with Gasteiger partial charge in [-0.25, -0.2) is 9.97 Å². The van der Waals surface area contributed by atoms with Gasteiger partial charge in [0, 0.05) is 24.8 Å². The zero-order chi connectivity index (χ0) is 25.8. The third kappa shape index (κ3) is 4.45. The van der Waals surface area contributed by atoms with Crippen LogP contribution in [0, 0.1) is 12.3 Å². The Hall–Kier alpha value is -3.47. The molecule has 0 unspecified atom stereocenters. The van der Waals surface area contributed by atoms with Gasteiger partial charge in [-0.3, -0.25) is 0 Å². The minimum absolute atomic E-state index is 0.328. The number of ether oxygens (including phenoxy) is 2. The number of hydrogen-bond acceptors (Lipinski definition) is 10. The summed E-state index contributed by atoms with van der Waals surface area (Å²) in [6.07, 6.45) is 0. The molecule has 0 atom stereocenters. The zero-order valence-corrected chi connectivity index (χ0v) is 22.1. The Labute approximate surface area is 219 Å². The first kappa shape index (κ1) is 23.9. The molecule has 0 radical (unpaired) electrons. The highest BCUT2D eigenvalue weighted by Crippen LogP contribution is 2.44. The molecule has 0 bridgehead atoms. The van der Waals surface area contributed by atoms with Crippen LogP contribution in [0.4, 0.5) is 29.0 Å². The van der Waals surface area contributed by atoms with E-state index in [1.54, 1.807) is 38.4 Å². The smallest absolute Gasteiger partial charge is 0.230 e. The van der Waals surface area contributed by atoms with Crippen molar-refractivity contribution in [2.45, 2.75) is 26.4 Å². The largest absolute Gasteiger partial charge is 0.495 e. The number of nitrogens with zero attached hydrogens (tertiary/aromatic N) is 4. The topological polar surface area (TPSA) is 105 Å². The van der Waals surface area contributed by atoms with E-state index in [1.165, 1.54) is 0 Å². The Morgan fingerprint density at radius 1 is 1.11 bits per heavy atom. The summed E-state index contributed by atoms with van der Waals surface area (Å²) >= 11 is 1.57. The van der Waals surface area contributed by atoms with E-state index in [-0.39, 0.29) is 0 Å². The number of rotatable bonds is 7. The number of pyridine rings is 1. The Morgan fingerprint density at radius 3 is 2.62 bits per heavy atom. The first-order chi connectivity index (χ1) is 17.7. The number of anilines is 5. The molecule has 6 rings (SSSR count). The van der Waals surface area contributed by atoms with Crippen LogP contribution in [-0.4, -0.2) is 53.5 Å². The fourth-order valence-electron chi connectivity index (χ4n) is 4.85. The lowest BCUT2D eigenvalue weighted by molar-refractivity contribution is -0.127. The maximum absolute atomic E-state index is 10.4. The second-order valence-electron chi connectivity index (χ2n) is 10.4. The van der Waals surface area contributed by atoms with Gasteiger partial charge in [-0.15, -0.1) is 11.3 Å². The minimum Gasteiger partial charge on any atom is -0.495 e. The summed E-state index contributed by atoms with van der Waals surface area (Å²) in [4.78, 5) is 17.3. The lowest BCUT2D eigenvalue weighted by Gasteiger charge is -2.56. The predicted octanol–water partition coefficient (Wildman–Crippen LogP) is 4.95. The molecule has 4 aromatic rings. The average molecular weight is 519 g/mol. The van der Waals surface area contributed by atoms with Crippen LogP contribution in [0.1, 0.15) is 25.1 Å².